The highest BCUT2D eigenvalue weighted by Gasteiger charge is 2.05. The van der Waals surface area contributed by atoms with Gasteiger partial charge in [0.25, 0.3) is 0 Å². The molecule has 0 bridgehead atoms. The van der Waals surface area contributed by atoms with Gasteiger partial charge in [0.2, 0.25) is 0 Å². The number of ether oxygens (including phenoxy) is 1. The number of aliphatic hydroxyl groups is 1. The van der Waals surface area contributed by atoms with E-state index in [-0.39, 0.29) is 0 Å². The SMILES string of the molecule is COCC(O)Cc1cc(C)ncn1. The Balaban J connectivity index is 2.53. The van der Waals surface area contributed by atoms with Crippen LogP contribution >= 0.6 is 0 Å². The van der Waals surface area contributed by atoms with E-state index < -0.39 is 6.10 Å². The monoisotopic (exact) mass is 182 g/mol. The van der Waals surface area contributed by atoms with Gasteiger partial charge in [0, 0.05) is 24.9 Å². The van der Waals surface area contributed by atoms with Gasteiger partial charge in [-0.15, -0.1) is 0 Å². The predicted molar refractivity (Wildman–Crippen MR) is 48.4 cm³/mol. The first-order valence-corrected chi connectivity index (χ1v) is 4.17. The molecule has 0 amide bonds. The van der Waals surface area contributed by atoms with E-state index in [0.29, 0.717) is 13.0 Å². The van der Waals surface area contributed by atoms with E-state index in [1.54, 1.807) is 7.11 Å². The molecule has 0 aliphatic carbocycles. The molecule has 1 unspecified atom stereocenters. The van der Waals surface area contributed by atoms with Gasteiger partial charge in [-0.25, -0.2) is 9.97 Å². The van der Waals surface area contributed by atoms with Gasteiger partial charge >= 0.3 is 0 Å². The van der Waals surface area contributed by atoms with Crippen molar-refractivity contribution in [1.29, 1.82) is 0 Å². The number of hydrogen-bond donors (Lipinski definition) is 1. The number of aryl methyl sites for hydroxylation is 1. The molecular weight excluding hydrogens is 168 g/mol. The third kappa shape index (κ3) is 3.48. The Kier molecular flexibility index (Phi) is 3.79. The maximum atomic E-state index is 9.41. The summed E-state index contributed by atoms with van der Waals surface area (Å²) < 4.78 is 4.81. The average molecular weight is 182 g/mol. The van der Waals surface area contributed by atoms with Gasteiger partial charge in [-0.2, -0.15) is 0 Å². The van der Waals surface area contributed by atoms with Crippen LogP contribution in [0.5, 0.6) is 0 Å². The number of methoxy groups -OCH3 is 1. The second-order valence-corrected chi connectivity index (χ2v) is 2.96. The van der Waals surface area contributed by atoms with Crippen LogP contribution in [0.25, 0.3) is 0 Å². The molecule has 1 rings (SSSR count). The molecule has 13 heavy (non-hydrogen) atoms. The molecule has 4 heteroatoms. The molecule has 1 atom stereocenters. The Morgan fingerprint density at radius 1 is 1.54 bits per heavy atom. The molecule has 0 aromatic carbocycles. The minimum absolute atomic E-state index is 0.336. The molecule has 0 aliphatic rings. The summed E-state index contributed by atoms with van der Waals surface area (Å²) in [5, 5.41) is 9.41. The third-order valence-electron chi connectivity index (χ3n) is 1.66. The number of aliphatic hydroxyl groups excluding tert-OH is 1. The first kappa shape index (κ1) is 10.1. The van der Waals surface area contributed by atoms with Crippen molar-refractivity contribution in [1.82, 2.24) is 9.97 Å². The second-order valence-electron chi connectivity index (χ2n) is 2.96. The summed E-state index contributed by atoms with van der Waals surface area (Å²) >= 11 is 0. The van der Waals surface area contributed by atoms with Crippen molar-refractivity contribution < 1.29 is 9.84 Å². The first-order valence-electron chi connectivity index (χ1n) is 4.17. The lowest BCUT2D eigenvalue weighted by atomic mass is 10.2. The minimum Gasteiger partial charge on any atom is -0.390 e. The van der Waals surface area contributed by atoms with Gasteiger partial charge in [0.15, 0.2) is 0 Å². The highest BCUT2D eigenvalue weighted by molar-refractivity contribution is 5.07. The van der Waals surface area contributed by atoms with Crippen LogP contribution in [0.3, 0.4) is 0 Å². The summed E-state index contributed by atoms with van der Waals surface area (Å²) in [5.74, 6) is 0. The average Bonchev–Trinajstić information content (AvgIpc) is 2.04. The third-order valence-corrected chi connectivity index (χ3v) is 1.66. The predicted octanol–water partition coefficient (Wildman–Crippen LogP) is 0.335. The minimum atomic E-state index is -0.487. The van der Waals surface area contributed by atoms with Crippen molar-refractivity contribution >= 4 is 0 Å². The fourth-order valence-electron chi connectivity index (χ4n) is 1.11. The summed E-state index contributed by atoms with van der Waals surface area (Å²) in [6.07, 6.45) is 1.53. The molecule has 1 heterocycles. The number of aromatic nitrogens is 2. The molecule has 1 aromatic heterocycles. The van der Waals surface area contributed by atoms with Gasteiger partial charge < -0.3 is 9.84 Å². The fourth-order valence-corrected chi connectivity index (χ4v) is 1.11. The van der Waals surface area contributed by atoms with Gasteiger partial charge in [-0.3, -0.25) is 0 Å². The Morgan fingerprint density at radius 3 is 2.92 bits per heavy atom. The van der Waals surface area contributed by atoms with Crippen molar-refractivity contribution in [2.24, 2.45) is 0 Å². The van der Waals surface area contributed by atoms with Crippen molar-refractivity contribution in [2.75, 3.05) is 13.7 Å². The quantitative estimate of drug-likeness (QED) is 0.729. The van der Waals surface area contributed by atoms with Crippen molar-refractivity contribution in [3.63, 3.8) is 0 Å². The summed E-state index contributed by atoms with van der Waals surface area (Å²) in [5.41, 5.74) is 1.76. The highest BCUT2D eigenvalue weighted by atomic mass is 16.5. The number of rotatable bonds is 4. The fraction of sp³-hybridized carbons (Fsp3) is 0.556. The molecule has 0 spiro atoms. The Bertz CT molecular complexity index is 266. The molecule has 0 saturated carbocycles. The second kappa shape index (κ2) is 4.89. The molecule has 4 nitrogen and oxygen atoms in total. The molecule has 1 aromatic rings. The van der Waals surface area contributed by atoms with Crippen LogP contribution in [-0.2, 0) is 11.2 Å². The van der Waals surface area contributed by atoms with Crippen molar-refractivity contribution in [3.8, 4) is 0 Å². The Morgan fingerprint density at radius 2 is 2.31 bits per heavy atom. The smallest absolute Gasteiger partial charge is 0.115 e. The van der Waals surface area contributed by atoms with E-state index >= 15 is 0 Å². The molecule has 0 fully saturated rings. The van der Waals surface area contributed by atoms with Crippen LogP contribution < -0.4 is 0 Å². The van der Waals surface area contributed by atoms with Gasteiger partial charge in [-0.1, -0.05) is 0 Å². The van der Waals surface area contributed by atoms with E-state index in [1.165, 1.54) is 6.33 Å². The summed E-state index contributed by atoms with van der Waals surface area (Å²) in [6.45, 7) is 2.23. The van der Waals surface area contributed by atoms with Crippen LogP contribution in [-0.4, -0.2) is 34.9 Å². The van der Waals surface area contributed by atoms with Crippen LogP contribution in [0.1, 0.15) is 11.4 Å². The maximum absolute atomic E-state index is 9.41. The van der Waals surface area contributed by atoms with E-state index in [4.69, 9.17) is 4.74 Å². The zero-order chi connectivity index (χ0) is 9.68. The van der Waals surface area contributed by atoms with Gasteiger partial charge in [0.1, 0.15) is 6.33 Å². The molecule has 0 aliphatic heterocycles. The molecular formula is C9H14N2O2. The zero-order valence-electron chi connectivity index (χ0n) is 7.90. The lowest BCUT2D eigenvalue weighted by Gasteiger charge is -2.08. The van der Waals surface area contributed by atoms with Gasteiger partial charge in [0.05, 0.1) is 12.7 Å². The van der Waals surface area contributed by atoms with Gasteiger partial charge in [-0.05, 0) is 13.0 Å². The summed E-state index contributed by atoms with van der Waals surface area (Å²) in [4.78, 5) is 8.00. The normalized spacial score (nSPS) is 12.8. The van der Waals surface area contributed by atoms with E-state index in [1.807, 2.05) is 13.0 Å². The standard InChI is InChI=1S/C9H14N2O2/c1-7-3-8(11-6-10-7)4-9(12)5-13-2/h3,6,9,12H,4-5H2,1-2H3. The topological polar surface area (TPSA) is 55.2 Å². The van der Waals surface area contributed by atoms with Crippen molar-refractivity contribution in [3.05, 3.63) is 23.8 Å². The van der Waals surface area contributed by atoms with Crippen LogP contribution in [0.2, 0.25) is 0 Å². The van der Waals surface area contributed by atoms with E-state index in [9.17, 15) is 5.11 Å². The van der Waals surface area contributed by atoms with Crippen LogP contribution in [0.15, 0.2) is 12.4 Å². The number of nitrogens with zero attached hydrogens (tertiary/aromatic N) is 2. The molecule has 0 saturated heterocycles. The van der Waals surface area contributed by atoms with Crippen LogP contribution in [0, 0.1) is 6.92 Å². The van der Waals surface area contributed by atoms with Crippen molar-refractivity contribution in [2.45, 2.75) is 19.4 Å². The summed E-state index contributed by atoms with van der Waals surface area (Å²) in [7, 11) is 1.56. The molecule has 0 radical (unpaired) electrons. The Hall–Kier alpha value is -1.00. The highest BCUT2D eigenvalue weighted by Crippen LogP contribution is 2.01. The van der Waals surface area contributed by atoms with Crippen LogP contribution in [0.4, 0.5) is 0 Å². The zero-order valence-corrected chi connectivity index (χ0v) is 7.90. The van der Waals surface area contributed by atoms with E-state index in [0.717, 1.165) is 11.4 Å². The first-order chi connectivity index (χ1) is 6.22. The number of hydrogen-bond acceptors (Lipinski definition) is 4. The lowest BCUT2D eigenvalue weighted by molar-refractivity contribution is 0.0644. The maximum Gasteiger partial charge on any atom is 0.115 e. The Labute approximate surface area is 77.6 Å². The lowest BCUT2D eigenvalue weighted by Crippen LogP contribution is -2.17. The molecule has 72 valence electrons. The molecule has 1 N–H and O–H groups in total. The van der Waals surface area contributed by atoms with E-state index in [2.05, 4.69) is 9.97 Å². The largest absolute Gasteiger partial charge is 0.390 e. The summed E-state index contributed by atoms with van der Waals surface area (Å²) in [6, 6.07) is 1.86.